The van der Waals surface area contributed by atoms with Gasteiger partial charge in [0.2, 0.25) is 5.95 Å². The number of hydrogen-bond donors (Lipinski definition) is 2. The smallest absolute Gasteiger partial charge is 0.337 e. The molecule has 0 unspecified atom stereocenters. The van der Waals surface area contributed by atoms with Crippen LogP contribution in [0.1, 0.15) is 27.2 Å². The predicted molar refractivity (Wildman–Crippen MR) is 95.6 cm³/mol. The number of aryl methyl sites for hydroxylation is 2. The van der Waals surface area contributed by atoms with E-state index in [1.807, 2.05) is 30.7 Å². The first-order chi connectivity index (χ1) is 11.9. The molecule has 0 atom stereocenters. The summed E-state index contributed by atoms with van der Waals surface area (Å²) >= 11 is 0. The number of nitrogens with zero attached hydrogens (tertiary/aromatic N) is 4. The minimum absolute atomic E-state index is 0.207. The zero-order chi connectivity index (χ0) is 18.1. The van der Waals surface area contributed by atoms with Gasteiger partial charge in [0.15, 0.2) is 5.82 Å². The Labute approximate surface area is 145 Å². The van der Waals surface area contributed by atoms with Gasteiger partial charge in [-0.3, -0.25) is 4.68 Å². The van der Waals surface area contributed by atoms with E-state index in [9.17, 15) is 4.79 Å². The fraction of sp³-hybridized carbons (Fsp3) is 0.294. The van der Waals surface area contributed by atoms with Crippen molar-refractivity contribution in [2.75, 3.05) is 25.2 Å². The Bertz CT molecular complexity index is 963. The van der Waals surface area contributed by atoms with E-state index in [0.29, 0.717) is 17.9 Å². The highest BCUT2D eigenvalue weighted by Gasteiger charge is 2.16. The monoisotopic (exact) mass is 340 g/mol. The Hall–Kier alpha value is -3.16. The average Bonchev–Trinajstić information content (AvgIpc) is 2.91. The highest BCUT2D eigenvalue weighted by atomic mass is 16.5. The number of benzene rings is 1. The SMILES string of the molecule is CNc1nc(N)nc2c(C)nn(Cc3ccc(C(=O)OC)cc3C)c12. The molecule has 0 saturated heterocycles. The quantitative estimate of drug-likeness (QED) is 0.698. The summed E-state index contributed by atoms with van der Waals surface area (Å²) in [4.78, 5) is 20.2. The number of ether oxygens (including phenoxy) is 1. The number of nitrogens with one attached hydrogen (secondary N) is 1. The lowest BCUT2D eigenvalue weighted by atomic mass is 10.1. The van der Waals surface area contributed by atoms with Gasteiger partial charge in [0.1, 0.15) is 11.0 Å². The summed E-state index contributed by atoms with van der Waals surface area (Å²) in [5, 5.41) is 7.62. The molecule has 0 radical (unpaired) electrons. The second kappa shape index (κ2) is 6.39. The molecular formula is C17H20N6O2. The zero-order valence-electron chi connectivity index (χ0n) is 14.6. The molecule has 3 aromatic rings. The van der Waals surface area contributed by atoms with Gasteiger partial charge < -0.3 is 15.8 Å². The van der Waals surface area contributed by atoms with Crippen LogP contribution in [0.25, 0.3) is 11.0 Å². The molecule has 2 heterocycles. The van der Waals surface area contributed by atoms with Crippen LogP contribution >= 0.6 is 0 Å². The fourth-order valence-electron chi connectivity index (χ4n) is 2.82. The van der Waals surface area contributed by atoms with Crippen molar-refractivity contribution < 1.29 is 9.53 Å². The number of fused-ring (bicyclic) bond motifs is 1. The van der Waals surface area contributed by atoms with Crippen LogP contribution in [0.15, 0.2) is 18.2 Å². The van der Waals surface area contributed by atoms with Crippen molar-refractivity contribution in [2.45, 2.75) is 20.4 Å². The Balaban J connectivity index is 2.05. The second-order valence-electron chi connectivity index (χ2n) is 5.75. The summed E-state index contributed by atoms with van der Waals surface area (Å²) < 4.78 is 6.60. The largest absolute Gasteiger partial charge is 0.465 e. The highest BCUT2D eigenvalue weighted by Crippen LogP contribution is 2.25. The van der Waals surface area contributed by atoms with Crippen LogP contribution in [0.4, 0.5) is 11.8 Å². The van der Waals surface area contributed by atoms with Crippen molar-refractivity contribution in [2.24, 2.45) is 0 Å². The van der Waals surface area contributed by atoms with Gasteiger partial charge in [-0.1, -0.05) is 6.07 Å². The highest BCUT2D eigenvalue weighted by molar-refractivity contribution is 5.90. The minimum Gasteiger partial charge on any atom is -0.465 e. The van der Waals surface area contributed by atoms with Crippen LogP contribution < -0.4 is 11.1 Å². The molecule has 0 saturated carbocycles. The molecule has 25 heavy (non-hydrogen) atoms. The standard InChI is InChI=1S/C17H20N6O2/c1-9-7-11(16(24)25-4)5-6-12(9)8-23-14-13(10(2)22-23)20-17(18)21-15(14)19-3/h5-7H,8H2,1-4H3,(H3,18,19,20,21). The molecule has 0 aliphatic carbocycles. The lowest BCUT2D eigenvalue weighted by Crippen LogP contribution is -2.08. The molecule has 0 amide bonds. The Morgan fingerprint density at radius 3 is 2.72 bits per heavy atom. The number of carbonyl (C=O) groups is 1. The normalized spacial score (nSPS) is 10.9. The number of methoxy groups -OCH3 is 1. The fourth-order valence-corrected chi connectivity index (χ4v) is 2.82. The summed E-state index contributed by atoms with van der Waals surface area (Å²) in [6.07, 6.45) is 0. The van der Waals surface area contributed by atoms with Gasteiger partial charge in [0, 0.05) is 7.05 Å². The number of nitrogen functional groups attached to an aromatic ring is 1. The number of anilines is 2. The second-order valence-corrected chi connectivity index (χ2v) is 5.75. The van der Waals surface area contributed by atoms with Gasteiger partial charge in [-0.25, -0.2) is 9.78 Å². The van der Waals surface area contributed by atoms with Crippen molar-refractivity contribution in [1.29, 1.82) is 0 Å². The van der Waals surface area contributed by atoms with Crippen LogP contribution in [0, 0.1) is 13.8 Å². The number of nitrogens with two attached hydrogens (primary N) is 1. The van der Waals surface area contributed by atoms with E-state index in [0.717, 1.165) is 27.9 Å². The molecule has 1 aromatic carbocycles. The molecule has 2 aromatic heterocycles. The zero-order valence-corrected chi connectivity index (χ0v) is 14.6. The molecular weight excluding hydrogens is 320 g/mol. The number of esters is 1. The Morgan fingerprint density at radius 1 is 1.32 bits per heavy atom. The van der Waals surface area contributed by atoms with Crippen molar-refractivity contribution in [3.8, 4) is 0 Å². The number of rotatable bonds is 4. The average molecular weight is 340 g/mol. The van der Waals surface area contributed by atoms with E-state index in [4.69, 9.17) is 10.5 Å². The maximum atomic E-state index is 11.7. The van der Waals surface area contributed by atoms with Gasteiger partial charge in [-0.15, -0.1) is 0 Å². The van der Waals surface area contributed by atoms with E-state index in [1.165, 1.54) is 7.11 Å². The third-order valence-electron chi connectivity index (χ3n) is 4.09. The van der Waals surface area contributed by atoms with Crippen LogP contribution in [0.5, 0.6) is 0 Å². The number of carbonyl (C=O) groups excluding carboxylic acids is 1. The summed E-state index contributed by atoms with van der Waals surface area (Å²) in [6.45, 7) is 4.37. The third kappa shape index (κ3) is 2.98. The first kappa shape index (κ1) is 16.7. The maximum absolute atomic E-state index is 11.7. The predicted octanol–water partition coefficient (Wildman–Crippen LogP) is 1.90. The molecule has 3 rings (SSSR count). The van der Waals surface area contributed by atoms with Crippen molar-refractivity contribution in [3.63, 3.8) is 0 Å². The molecule has 8 heteroatoms. The van der Waals surface area contributed by atoms with Crippen molar-refractivity contribution in [3.05, 3.63) is 40.6 Å². The molecule has 0 spiro atoms. The van der Waals surface area contributed by atoms with Gasteiger partial charge in [-0.05, 0) is 37.1 Å². The van der Waals surface area contributed by atoms with Crippen LogP contribution in [0.2, 0.25) is 0 Å². The first-order valence-corrected chi connectivity index (χ1v) is 7.80. The number of aromatic nitrogens is 4. The lowest BCUT2D eigenvalue weighted by Gasteiger charge is -2.10. The Kier molecular flexibility index (Phi) is 4.26. The third-order valence-corrected chi connectivity index (χ3v) is 4.09. The van der Waals surface area contributed by atoms with Crippen LogP contribution in [0.3, 0.4) is 0 Å². The molecule has 3 N–H and O–H groups in total. The van der Waals surface area contributed by atoms with Gasteiger partial charge in [0.05, 0.1) is 24.9 Å². The summed E-state index contributed by atoms with van der Waals surface area (Å²) in [7, 11) is 3.15. The van der Waals surface area contributed by atoms with E-state index < -0.39 is 0 Å². The van der Waals surface area contributed by atoms with Crippen LogP contribution in [-0.4, -0.2) is 39.9 Å². The summed E-state index contributed by atoms with van der Waals surface area (Å²) in [5.74, 6) is 0.487. The van der Waals surface area contributed by atoms with Gasteiger partial charge >= 0.3 is 5.97 Å². The topological polar surface area (TPSA) is 108 Å². The minimum atomic E-state index is -0.351. The molecule has 0 bridgehead atoms. The molecule has 0 aliphatic heterocycles. The van der Waals surface area contributed by atoms with E-state index in [2.05, 4.69) is 20.4 Å². The van der Waals surface area contributed by atoms with Crippen molar-refractivity contribution in [1.82, 2.24) is 19.7 Å². The maximum Gasteiger partial charge on any atom is 0.337 e. The van der Waals surface area contributed by atoms with E-state index >= 15 is 0 Å². The van der Waals surface area contributed by atoms with Gasteiger partial charge in [0.25, 0.3) is 0 Å². The van der Waals surface area contributed by atoms with E-state index in [1.54, 1.807) is 13.1 Å². The lowest BCUT2D eigenvalue weighted by molar-refractivity contribution is 0.0600. The molecule has 0 aliphatic rings. The first-order valence-electron chi connectivity index (χ1n) is 7.80. The van der Waals surface area contributed by atoms with E-state index in [-0.39, 0.29) is 11.9 Å². The molecule has 130 valence electrons. The van der Waals surface area contributed by atoms with Crippen LogP contribution in [-0.2, 0) is 11.3 Å². The summed E-state index contributed by atoms with van der Waals surface area (Å²) in [6, 6.07) is 5.47. The van der Waals surface area contributed by atoms with Crippen molar-refractivity contribution >= 4 is 28.8 Å². The van der Waals surface area contributed by atoms with Gasteiger partial charge in [-0.2, -0.15) is 10.1 Å². The summed E-state index contributed by atoms with van der Waals surface area (Å²) in [5.41, 5.74) is 10.6. The molecule has 0 fully saturated rings. The molecule has 8 nitrogen and oxygen atoms in total. The Morgan fingerprint density at radius 2 is 2.08 bits per heavy atom. The number of hydrogen-bond acceptors (Lipinski definition) is 7.